The molecule has 5 heteroatoms. The number of benzene rings is 2. The third-order valence-corrected chi connectivity index (χ3v) is 3.40. The molecule has 0 radical (unpaired) electrons. The van der Waals surface area contributed by atoms with Gasteiger partial charge in [-0.15, -0.1) is 0 Å². The summed E-state index contributed by atoms with van der Waals surface area (Å²) in [5.74, 6) is 0.172. The van der Waals surface area contributed by atoms with E-state index in [2.05, 4.69) is 5.32 Å². The molecule has 2 aromatic rings. The largest absolute Gasteiger partial charge is 0.495 e. The molecule has 1 N–H and O–H groups in total. The van der Waals surface area contributed by atoms with E-state index >= 15 is 0 Å². The smallest absolute Gasteiger partial charge is 0.329 e. The summed E-state index contributed by atoms with van der Waals surface area (Å²) in [5.41, 5.74) is 1.20. The molecule has 1 fully saturated rings. The first-order valence-corrected chi connectivity index (χ1v) is 6.55. The standard InChI is InChI=1S/C16H14N2O3/c1-21-13-10-6-5-9-12(13)18-15(19)14(17-16(18)20)11-7-3-2-4-8-11/h2-10,14H,1H3,(H,17,20). The lowest BCUT2D eigenvalue weighted by Crippen LogP contribution is -2.31. The molecular weight excluding hydrogens is 268 g/mol. The molecule has 2 aromatic carbocycles. The molecule has 1 heterocycles. The van der Waals surface area contributed by atoms with E-state index in [1.165, 1.54) is 7.11 Å². The maximum atomic E-state index is 12.6. The van der Waals surface area contributed by atoms with Gasteiger partial charge in [0.1, 0.15) is 11.8 Å². The zero-order chi connectivity index (χ0) is 14.8. The molecule has 0 bridgehead atoms. The van der Waals surface area contributed by atoms with Crippen molar-refractivity contribution in [2.75, 3.05) is 12.0 Å². The Balaban J connectivity index is 1.98. The molecule has 3 rings (SSSR count). The molecule has 0 spiro atoms. The third-order valence-electron chi connectivity index (χ3n) is 3.40. The van der Waals surface area contributed by atoms with E-state index in [0.29, 0.717) is 11.4 Å². The van der Waals surface area contributed by atoms with Gasteiger partial charge in [-0.05, 0) is 17.7 Å². The number of amides is 3. The van der Waals surface area contributed by atoms with Crippen molar-refractivity contribution in [2.45, 2.75) is 6.04 Å². The average molecular weight is 282 g/mol. The number of ether oxygens (including phenoxy) is 1. The van der Waals surface area contributed by atoms with Gasteiger partial charge in [0.05, 0.1) is 12.8 Å². The normalized spacial score (nSPS) is 17.8. The van der Waals surface area contributed by atoms with Crippen molar-refractivity contribution in [3.8, 4) is 5.75 Å². The molecular formula is C16H14N2O3. The van der Waals surface area contributed by atoms with Gasteiger partial charge in [-0.1, -0.05) is 42.5 Å². The molecule has 0 saturated carbocycles. The van der Waals surface area contributed by atoms with Crippen LogP contribution in [0, 0.1) is 0 Å². The Morgan fingerprint density at radius 1 is 1.00 bits per heavy atom. The molecule has 1 saturated heterocycles. The molecule has 21 heavy (non-hydrogen) atoms. The van der Waals surface area contributed by atoms with Crippen LogP contribution in [0.25, 0.3) is 0 Å². The summed E-state index contributed by atoms with van der Waals surface area (Å²) >= 11 is 0. The van der Waals surface area contributed by atoms with Crippen LogP contribution < -0.4 is 15.0 Å². The van der Waals surface area contributed by atoms with Gasteiger partial charge in [0.2, 0.25) is 0 Å². The topological polar surface area (TPSA) is 58.6 Å². The first-order valence-electron chi connectivity index (χ1n) is 6.55. The van der Waals surface area contributed by atoms with Gasteiger partial charge in [-0.25, -0.2) is 9.69 Å². The van der Waals surface area contributed by atoms with Gasteiger partial charge in [0, 0.05) is 0 Å². The fraction of sp³-hybridized carbons (Fsp3) is 0.125. The van der Waals surface area contributed by atoms with Crippen LogP contribution in [0.15, 0.2) is 54.6 Å². The van der Waals surface area contributed by atoms with Crippen molar-refractivity contribution in [1.82, 2.24) is 5.32 Å². The highest BCUT2D eigenvalue weighted by atomic mass is 16.5. The van der Waals surface area contributed by atoms with Gasteiger partial charge < -0.3 is 10.1 Å². The fourth-order valence-corrected chi connectivity index (χ4v) is 2.39. The molecule has 3 amide bonds. The minimum atomic E-state index is -0.663. The lowest BCUT2D eigenvalue weighted by atomic mass is 10.1. The molecule has 1 aliphatic rings. The summed E-state index contributed by atoms with van der Waals surface area (Å²) in [5, 5.41) is 2.70. The number of anilines is 1. The van der Waals surface area contributed by atoms with Crippen molar-refractivity contribution >= 4 is 17.6 Å². The van der Waals surface area contributed by atoms with Crippen LogP contribution in [-0.4, -0.2) is 19.0 Å². The number of hydrogen-bond donors (Lipinski definition) is 1. The number of carbonyl (C=O) groups is 2. The van der Waals surface area contributed by atoms with E-state index in [0.717, 1.165) is 10.5 Å². The van der Waals surface area contributed by atoms with Gasteiger partial charge in [0.25, 0.3) is 5.91 Å². The van der Waals surface area contributed by atoms with Crippen molar-refractivity contribution < 1.29 is 14.3 Å². The maximum Gasteiger partial charge on any atom is 0.329 e. The third kappa shape index (κ3) is 2.23. The first kappa shape index (κ1) is 13.2. The van der Waals surface area contributed by atoms with E-state index in [9.17, 15) is 9.59 Å². The number of imide groups is 1. The minimum absolute atomic E-state index is 0.310. The second kappa shape index (κ2) is 5.28. The van der Waals surface area contributed by atoms with Gasteiger partial charge >= 0.3 is 6.03 Å². The van der Waals surface area contributed by atoms with Crippen LogP contribution >= 0.6 is 0 Å². The van der Waals surface area contributed by atoms with Crippen LogP contribution in [-0.2, 0) is 4.79 Å². The minimum Gasteiger partial charge on any atom is -0.495 e. The Hall–Kier alpha value is -2.82. The number of urea groups is 1. The van der Waals surface area contributed by atoms with Crippen molar-refractivity contribution in [3.63, 3.8) is 0 Å². The van der Waals surface area contributed by atoms with Crippen LogP contribution in [0.3, 0.4) is 0 Å². The average Bonchev–Trinajstić information content (AvgIpc) is 2.83. The Kier molecular flexibility index (Phi) is 3.31. The summed E-state index contributed by atoms with van der Waals surface area (Å²) in [6.07, 6.45) is 0. The summed E-state index contributed by atoms with van der Waals surface area (Å²) < 4.78 is 5.22. The highest BCUT2D eigenvalue weighted by Gasteiger charge is 2.40. The Morgan fingerprint density at radius 3 is 2.38 bits per heavy atom. The maximum absolute atomic E-state index is 12.6. The van der Waals surface area contributed by atoms with Crippen molar-refractivity contribution in [2.24, 2.45) is 0 Å². The lowest BCUT2D eigenvalue weighted by molar-refractivity contribution is -0.118. The summed E-state index contributed by atoms with van der Waals surface area (Å²) in [7, 11) is 1.51. The highest BCUT2D eigenvalue weighted by Crippen LogP contribution is 2.33. The predicted octanol–water partition coefficient (Wildman–Crippen LogP) is 2.49. The SMILES string of the molecule is COc1ccccc1N1C(=O)NC(c2ccccc2)C1=O. The number of rotatable bonds is 3. The molecule has 5 nitrogen and oxygen atoms in total. The van der Waals surface area contributed by atoms with Gasteiger partial charge in [-0.3, -0.25) is 4.79 Å². The zero-order valence-electron chi connectivity index (χ0n) is 11.4. The van der Waals surface area contributed by atoms with Crippen molar-refractivity contribution in [1.29, 1.82) is 0 Å². The van der Waals surface area contributed by atoms with Crippen LogP contribution in [0.4, 0.5) is 10.5 Å². The Labute approximate surface area is 122 Å². The number of nitrogens with zero attached hydrogens (tertiary/aromatic N) is 1. The van der Waals surface area contributed by atoms with Crippen LogP contribution in [0.5, 0.6) is 5.75 Å². The number of para-hydroxylation sites is 2. The highest BCUT2D eigenvalue weighted by molar-refractivity contribution is 6.22. The monoisotopic (exact) mass is 282 g/mol. The van der Waals surface area contributed by atoms with E-state index in [1.807, 2.05) is 30.3 Å². The summed E-state index contributed by atoms with van der Waals surface area (Å²) in [4.78, 5) is 25.9. The second-order valence-electron chi connectivity index (χ2n) is 4.64. The fourth-order valence-electron chi connectivity index (χ4n) is 2.39. The summed E-state index contributed by atoms with van der Waals surface area (Å²) in [6, 6.07) is 15.0. The number of nitrogens with one attached hydrogen (secondary N) is 1. The van der Waals surface area contributed by atoms with Crippen LogP contribution in [0.1, 0.15) is 11.6 Å². The van der Waals surface area contributed by atoms with Crippen LogP contribution in [0.2, 0.25) is 0 Å². The van der Waals surface area contributed by atoms with Gasteiger partial charge in [0.15, 0.2) is 0 Å². The van der Waals surface area contributed by atoms with Gasteiger partial charge in [-0.2, -0.15) is 0 Å². The number of methoxy groups -OCH3 is 1. The molecule has 0 aliphatic carbocycles. The van der Waals surface area contributed by atoms with E-state index in [-0.39, 0.29) is 5.91 Å². The van der Waals surface area contributed by atoms with E-state index in [4.69, 9.17) is 4.74 Å². The quantitative estimate of drug-likeness (QED) is 0.880. The first-order chi connectivity index (χ1) is 10.2. The molecule has 1 unspecified atom stereocenters. The van der Waals surface area contributed by atoms with Crippen molar-refractivity contribution in [3.05, 3.63) is 60.2 Å². The Bertz CT molecular complexity index is 685. The van der Waals surface area contributed by atoms with E-state index < -0.39 is 12.1 Å². The van der Waals surface area contributed by atoms with E-state index in [1.54, 1.807) is 24.3 Å². The predicted molar refractivity (Wildman–Crippen MR) is 78.2 cm³/mol. The number of hydrogen-bond acceptors (Lipinski definition) is 3. The molecule has 0 aromatic heterocycles. The molecule has 106 valence electrons. The second-order valence-corrected chi connectivity index (χ2v) is 4.64. The zero-order valence-corrected chi connectivity index (χ0v) is 11.4. The summed E-state index contributed by atoms with van der Waals surface area (Å²) in [6.45, 7) is 0. The lowest BCUT2D eigenvalue weighted by Gasteiger charge is -2.16. The molecule has 1 atom stereocenters. The Morgan fingerprint density at radius 2 is 1.67 bits per heavy atom. The number of carbonyl (C=O) groups excluding carboxylic acids is 2. The molecule has 1 aliphatic heterocycles.